The van der Waals surface area contributed by atoms with Crippen LogP contribution in [0.1, 0.15) is 31.4 Å². The third-order valence-corrected chi connectivity index (χ3v) is 8.15. The molecule has 1 aliphatic carbocycles. The van der Waals surface area contributed by atoms with Gasteiger partial charge in [-0.3, -0.25) is 9.69 Å². The third kappa shape index (κ3) is 4.86. The summed E-state index contributed by atoms with van der Waals surface area (Å²) >= 11 is 0. The molecule has 4 aliphatic rings. The molecular weight excluding hydrogens is 464 g/mol. The number of ether oxygens (including phenoxy) is 1. The Hall–Kier alpha value is -2.36. The first kappa shape index (κ1) is 24.3. The molecule has 9 heteroatoms. The van der Waals surface area contributed by atoms with E-state index >= 15 is 0 Å². The van der Waals surface area contributed by atoms with E-state index in [2.05, 4.69) is 35.2 Å². The van der Waals surface area contributed by atoms with E-state index in [4.69, 9.17) is 4.74 Å². The van der Waals surface area contributed by atoms with Crippen molar-refractivity contribution in [2.24, 2.45) is 12.5 Å². The number of allylic oxidation sites excluding steroid dienone is 1. The van der Waals surface area contributed by atoms with Crippen molar-refractivity contribution >= 4 is 21.1 Å². The first-order valence-corrected chi connectivity index (χ1v) is 14.4. The molecule has 3 aliphatic heterocycles. The number of nitrogens with one attached hydrogen (secondary N) is 1. The van der Waals surface area contributed by atoms with Gasteiger partial charge in [-0.25, -0.2) is 8.42 Å². The van der Waals surface area contributed by atoms with Crippen LogP contribution in [0.25, 0.3) is 11.3 Å². The largest absolute Gasteiger partial charge is 0.384 e. The van der Waals surface area contributed by atoms with Gasteiger partial charge >= 0.3 is 0 Å². The molecule has 0 bridgehead atoms. The van der Waals surface area contributed by atoms with E-state index in [1.54, 1.807) is 17.8 Å². The van der Waals surface area contributed by atoms with Crippen molar-refractivity contribution in [3.63, 3.8) is 0 Å². The maximum atomic E-state index is 13.4. The van der Waals surface area contributed by atoms with Gasteiger partial charge in [0.05, 0.1) is 36.3 Å². The summed E-state index contributed by atoms with van der Waals surface area (Å²) in [5.74, 6) is -0.0990. The monoisotopic (exact) mass is 500 g/mol. The number of rotatable bonds is 6. The smallest absolute Gasteiger partial charge is 0.260 e. The second-order valence-electron chi connectivity index (χ2n) is 11.1. The van der Waals surface area contributed by atoms with Crippen molar-refractivity contribution in [1.82, 2.24) is 19.7 Å². The van der Waals surface area contributed by atoms with Crippen molar-refractivity contribution in [2.45, 2.75) is 26.3 Å². The van der Waals surface area contributed by atoms with Crippen LogP contribution >= 0.6 is 0 Å². The summed E-state index contributed by atoms with van der Waals surface area (Å²) in [6.45, 7) is 10.8. The van der Waals surface area contributed by atoms with Gasteiger partial charge < -0.3 is 19.5 Å². The molecule has 190 valence electrons. The normalized spacial score (nSPS) is 22.7. The fourth-order valence-corrected chi connectivity index (χ4v) is 6.76. The fraction of sp³-hybridized carbons (Fsp3) is 0.577. The van der Waals surface area contributed by atoms with E-state index in [1.165, 1.54) is 6.26 Å². The highest BCUT2D eigenvalue weighted by molar-refractivity contribution is 7.91. The first-order chi connectivity index (χ1) is 16.5. The van der Waals surface area contributed by atoms with Gasteiger partial charge in [-0.1, -0.05) is 13.8 Å². The summed E-state index contributed by atoms with van der Waals surface area (Å²) in [7, 11) is -1.55. The zero-order chi connectivity index (χ0) is 25.0. The quantitative estimate of drug-likeness (QED) is 0.633. The zero-order valence-electron chi connectivity index (χ0n) is 21.1. The summed E-state index contributed by atoms with van der Waals surface area (Å²) in [6, 6.07) is 2.04. The van der Waals surface area contributed by atoms with E-state index in [0.717, 1.165) is 69.2 Å². The average Bonchev–Trinajstić information content (AvgIpc) is 3.04. The third-order valence-electron chi connectivity index (χ3n) is 7.32. The minimum Gasteiger partial charge on any atom is -0.384 e. The second-order valence-corrected chi connectivity index (χ2v) is 13.2. The summed E-state index contributed by atoms with van der Waals surface area (Å²) in [5, 5.41) is 3.51. The number of fused-ring (bicyclic) bond motifs is 2. The lowest BCUT2D eigenvalue weighted by Crippen LogP contribution is -2.47. The van der Waals surface area contributed by atoms with E-state index in [0.29, 0.717) is 16.7 Å². The molecule has 0 aromatic carbocycles. The number of nitrogens with zero attached hydrogens (tertiary/aromatic N) is 3. The Morgan fingerprint density at radius 2 is 1.94 bits per heavy atom. The molecule has 0 radical (unpaired) electrons. The summed E-state index contributed by atoms with van der Waals surface area (Å²) in [6.07, 6.45) is 8.09. The molecule has 4 heterocycles. The van der Waals surface area contributed by atoms with Crippen LogP contribution < -0.4 is 10.9 Å². The van der Waals surface area contributed by atoms with Crippen molar-refractivity contribution in [3.05, 3.63) is 57.2 Å². The van der Waals surface area contributed by atoms with Crippen LogP contribution in [-0.2, 0) is 21.6 Å². The van der Waals surface area contributed by atoms with E-state index < -0.39 is 9.84 Å². The molecule has 0 saturated carbocycles. The number of morpholine rings is 1. The van der Waals surface area contributed by atoms with Gasteiger partial charge in [-0.2, -0.15) is 0 Å². The molecule has 1 saturated heterocycles. The Labute approximate surface area is 207 Å². The number of aryl methyl sites for hydroxylation is 1. The average molecular weight is 501 g/mol. The van der Waals surface area contributed by atoms with E-state index in [9.17, 15) is 13.2 Å². The molecule has 35 heavy (non-hydrogen) atoms. The van der Waals surface area contributed by atoms with Gasteiger partial charge in [0.15, 0.2) is 9.84 Å². The van der Waals surface area contributed by atoms with Gasteiger partial charge in [-0.15, -0.1) is 0 Å². The molecule has 1 aromatic heterocycles. The zero-order valence-corrected chi connectivity index (χ0v) is 22.0. The molecule has 5 rings (SSSR count). The predicted molar refractivity (Wildman–Crippen MR) is 139 cm³/mol. The van der Waals surface area contributed by atoms with Crippen LogP contribution in [0.2, 0.25) is 0 Å². The number of hydrogen-bond acceptors (Lipinski definition) is 7. The molecule has 1 unspecified atom stereocenters. The second kappa shape index (κ2) is 8.94. The van der Waals surface area contributed by atoms with Crippen molar-refractivity contribution in [3.8, 4) is 0 Å². The topological polar surface area (TPSA) is 83.9 Å². The van der Waals surface area contributed by atoms with Crippen molar-refractivity contribution in [1.29, 1.82) is 0 Å². The molecule has 1 fully saturated rings. The lowest BCUT2D eigenvalue weighted by molar-refractivity contribution is 0.0164. The van der Waals surface area contributed by atoms with Gasteiger partial charge in [0, 0.05) is 64.0 Å². The molecule has 1 N–H and O–H groups in total. The van der Waals surface area contributed by atoms with Crippen LogP contribution in [0.15, 0.2) is 40.5 Å². The van der Waals surface area contributed by atoms with Gasteiger partial charge in [0.2, 0.25) is 0 Å². The maximum Gasteiger partial charge on any atom is 0.260 e. The highest BCUT2D eigenvalue weighted by Crippen LogP contribution is 2.43. The number of pyridine rings is 1. The SMILES string of the molecule is Cn1ccc2c(c1=O)C1=C3C(=CN(CC(C)(C)CN4CCOCC4)C3CCN1)C=C2CS(C)(=O)=O. The molecular formula is C26H36N4O4S. The van der Waals surface area contributed by atoms with Gasteiger partial charge in [0.1, 0.15) is 0 Å². The Bertz CT molecular complexity index is 1280. The lowest BCUT2D eigenvalue weighted by Gasteiger charge is -2.40. The maximum absolute atomic E-state index is 13.4. The molecule has 1 atom stereocenters. The minimum absolute atomic E-state index is 0.0525. The minimum atomic E-state index is -3.29. The molecule has 0 amide bonds. The number of sulfone groups is 1. The summed E-state index contributed by atoms with van der Waals surface area (Å²) in [5.41, 5.74) is 4.91. The summed E-state index contributed by atoms with van der Waals surface area (Å²) < 4.78 is 31.8. The van der Waals surface area contributed by atoms with Crippen LogP contribution in [0, 0.1) is 5.41 Å². The Kier molecular flexibility index (Phi) is 6.22. The standard InChI is InChI=1S/C26H36N4O4S/c1-26(2,16-29-9-11-34-12-10-29)17-30-14-18-13-19(15-35(4,32)33)20-6-8-28(3)25(31)23(20)24-22(18)21(30)5-7-27-24/h6,8,13-14,21,27H,5,7,9-12,15-17H2,1-4H3. The van der Waals surface area contributed by atoms with Crippen molar-refractivity contribution in [2.75, 3.05) is 57.9 Å². The van der Waals surface area contributed by atoms with E-state index in [1.807, 2.05) is 12.1 Å². The van der Waals surface area contributed by atoms with Crippen LogP contribution in [-0.4, -0.2) is 86.8 Å². The van der Waals surface area contributed by atoms with Crippen molar-refractivity contribution < 1.29 is 13.2 Å². The fourth-order valence-electron chi connectivity index (χ4n) is 5.95. The summed E-state index contributed by atoms with van der Waals surface area (Å²) in [4.78, 5) is 18.3. The Morgan fingerprint density at radius 3 is 2.66 bits per heavy atom. The Balaban J connectivity index is 1.56. The molecule has 8 nitrogen and oxygen atoms in total. The molecule has 1 aromatic rings. The lowest BCUT2D eigenvalue weighted by atomic mass is 9.89. The molecule has 0 spiro atoms. The first-order valence-electron chi connectivity index (χ1n) is 12.4. The predicted octanol–water partition coefficient (Wildman–Crippen LogP) is 1.46. The van der Waals surface area contributed by atoms with Crippen LogP contribution in [0.3, 0.4) is 0 Å². The van der Waals surface area contributed by atoms with Crippen LogP contribution in [0.4, 0.5) is 0 Å². The Morgan fingerprint density at radius 1 is 1.20 bits per heavy atom. The van der Waals surface area contributed by atoms with Crippen LogP contribution in [0.5, 0.6) is 0 Å². The number of hydrogen-bond donors (Lipinski definition) is 1. The van der Waals surface area contributed by atoms with E-state index in [-0.39, 0.29) is 22.8 Å². The van der Waals surface area contributed by atoms with Gasteiger partial charge in [0.25, 0.3) is 5.56 Å². The highest BCUT2D eigenvalue weighted by atomic mass is 32.2. The van der Waals surface area contributed by atoms with Gasteiger partial charge in [-0.05, 0) is 40.7 Å². The number of aromatic nitrogens is 1. The highest BCUT2D eigenvalue weighted by Gasteiger charge is 2.40.